The summed E-state index contributed by atoms with van der Waals surface area (Å²) >= 11 is 5.94. The van der Waals surface area contributed by atoms with Crippen molar-refractivity contribution >= 4 is 33.9 Å². The largest absolute Gasteiger partial charge is 0.342 e. The number of carbonyl (C=O) groups excluding carboxylic acids is 2. The van der Waals surface area contributed by atoms with E-state index in [2.05, 4.69) is 0 Å². The minimum absolute atomic E-state index is 0.194. The molecule has 0 aliphatic carbocycles. The van der Waals surface area contributed by atoms with Gasteiger partial charge in [0, 0.05) is 37.7 Å². The third-order valence-corrected chi connectivity index (χ3v) is 5.62. The van der Waals surface area contributed by atoms with Gasteiger partial charge in [0.2, 0.25) is 22.3 Å². The van der Waals surface area contributed by atoms with Crippen molar-refractivity contribution in [3.8, 4) is 0 Å². The van der Waals surface area contributed by atoms with Gasteiger partial charge < -0.3 is 9.80 Å². The summed E-state index contributed by atoms with van der Waals surface area (Å²) in [6, 6.07) is 7.21. The second-order valence-electron chi connectivity index (χ2n) is 6.00. The number of nitrogens with zero attached hydrogens (tertiary/aromatic N) is 3. The van der Waals surface area contributed by atoms with Gasteiger partial charge in [-0.1, -0.05) is 23.7 Å². The second-order valence-corrected chi connectivity index (χ2v) is 8.42. The molecule has 1 aliphatic rings. The Kier molecular flexibility index (Phi) is 6.80. The number of hydrogen-bond donors (Lipinski definition) is 0. The molecule has 138 valence electrons. The van der Waals surface area contributed by atoms with Gasteiger partial charge >= 0.3 is 0 Å². The van der Waals surface area contributed by atoms with E-state index in [1.165, 1.54) is 4.31 Å². The van der Waals surface area contributed by atoms with Crippen molar-refractivity contribution in [1.82, 2.24) is 14.1 Å². The van der Waals surface area contributed by atoms with E-state index in [-0.39, 0.29) is 19.0 Å². The van der Waals surface area contributed by atoms with Gasteiger partial charge in [0.05, 0.1) is 12.8 Å². The average molecular weight is 388 g/mol. The van der Waals surface area contributed by atoms with E-state index in [0.717, 1.165) is 18.2 Å². The molecule has 0 N–H and O–H groups in total. The highest BCUT2D eigenvalue weighted by molar-refractivity contribution is 7.88. The lowest BCUT2D eigenvalue weighted by Gasteiger charge is -2.33. The van der Waals surface area contributed by atoms with Crippen LogP contribution in [-0.2, 0) is 26.0 Å². The quantitative estimate of drug-likeness (QED) is 0.636. The molecule has 0 atom stereocenters. The molecular weight excluding hydrogens is 366 g/mol. The fourth-order valence-electron chi connectivity index (χ4n) is 2.64. The number of sulfonamides is 1. The Morgan fingerprint density at radius 1 is 1.28 bits per heavy atom. The monoisotopic (exact) mass is 387 g/mol. The smallest absolute Gasteiger partial charge is 0.238 e. The molecule has 0 aromatic heterocycles. The Bertz CT molecular complexity index is 718. The molecule has 7 nitrogen and oxygen atoms in total. The van der Waals surface area contributed by atoms with Crippen molar-refractivity contribution in [2.45, 2.75) is 6.42 Å². The first-order chi connectivity index (χ1) is 11.8. The topological polar surface area (TPSA) is 78.0 Å². The number of hydrogen-bond acceptors (Lipinski definition) is 4. The maximum absolute atomic E-state index is 12.4. The van der Waals surface area contributed by atoms with E-state index in [1.54, 1.807) is 28.0 Å². The van der Waals surface area contributed by atoms with Crippen LogP contribution in [0.4, 0.5) is 0 Å². The Hall–Kier alpha value is -1.64. The van der Waals surface area contributed by atoms with Gasteiger partial charge in [-0.2, -0.15) is 4.31 Å². The van der Waals surface area contributed by atoms with E-state index >= 15 is 0 Å². The SMILES string of the molecule is CS(=O)(=O)N(CCc1cccc(Cl)c1)CC(=O)N1CCN(C=O)CC1. The highest BCUT2D eigenvalue weighted by Crippen LogP contribution is 2.12. The molecule has 0 radical (unpaired) electrons. The van der Waals surface area contributed by atoms with Crippen molar-refractivity contribution in [3.63, 3.8) is 0 Å². The molecule has 1 aliphatic heterocycles. The van der Waals surface area contributed by atoms with Gasteiger partial charge in [0.25, 0.3) is 0 Å². The molecule has 0 saturated carbocycles. The summed E-state index contributed by atoms with van der Waals surface area (Å²) in [7, 11) is -3.51. The molecule has 1 fully saturated rings. The zero-order valence-electron chi connectivity index (χ0n) is 14.1. The van der Waals surface area contributed by atoms with Gasteiger partial charge in [-0.25, -0.2) is 8.42 Å². The van der Waals surface area contributed by atoms with E-state index in [4.69, 9.17) is 11.6 Å². The number of piperazine rings is 1. The fourth-order valence-corrected chi connectivity index (χ4v) is 3.62. The van der Waals surface area contributed by atoms with Gasteiger partial charge in [0.1, 0.15) is 0 Å². The van der Waals surface area contributed by atoms with Gasteiger partial charge in [-0.3, -0.25) is 9.59 Å². The highest BCUT2D eigenvalue weighted by Gasteiger charge is 2.25. The Morgan fingerprint density at radius 2 is 1.96 bits per heavy atom. The fraction of sp³-hybridized carbons (Fsp3) is 0.500. The molecule has 2 amide bonds. The van der Waals surface area contributed by atoms with Crippen molar-refractivity contribution in [2.24, 2.45) is 0 Å². The third kappa shape index (κ3) is 5.98. The minimum Gasteiger partial charge on any atom is -0.342 e. The minimum atomic E-state index is -3.51. The first kappa shape index (κ1) is 19.7. The lowest BCUT2D eigenvalue weighted by atomic mass is 10.1. The predicted molar refractivity (Wildman–Crippen MR) is 95.8 cm³/mol. The van der Waals surface area contributed by atoms with Crippen LogP contribution in [0, 0.1) is 0 Å². The van der Waals surface area contributed by atoms with Crippen molar-refractivity contribution in [1.29, 1.82) is 0 Å². The Morgan fingerprint density at radius 3 is 2.52 bits per heavy atom. The summed E-state index contributed by atoms with van der Waals surface area (Å²) in [5.41, 5.74) is 0.910. The highest BCUT2D eigenvalue weighted by atomic mass is 35.5. The second kappa shape index (κ2) is 8.64. The predicted octanol–water partition coefficient (Wildman–Crippen LogP) is 0.445. The molecule has 1 aromatic rings. The summed E-state index contributed by atoms with van der Waals surface area (Å²) in [6.07, 6.45) is 2.33. The van der Waals surface area contributed by atoms with Crippen LogP contribution in [0.3, 0.4) is 0 Å². The summed E-state index contributed by atoms with van der Waals surface area (Å²) in [6.45, 7) is 1.79. The van der Waals surface area contributed by atoms with Crippen molar-refractivity contribution < 1.29 is 18.0 Å². The van der Waals surface area contributed by atoms with Crippen LogP contribution in [0.25, 0.3) is 0 Å². The first-order valence-corrected chi connectivity index (χ1v) is 10.2. The maximum atomic E-state index is 12.4. The molecule has 25 heavy (non-hydrogen) atoms. The maximum Gasteiger partial charge on any atom is 0.238 e. The molecular formula is C16H22ClN3O4S. The first-order valence-electron chi connectivity index (χ1n) is 7.96. The molecule has 2 rings (SSSR count). The van der Waals surface area contributed by atoms with Crippen LogP contribution in [0.1, 0.15) is 5.56 Å². The standard InChI is InChI=1S/C16H22ClN3O4S/c1-25(23,24)20(6-5-14-3-2-4-15(17)11-14)12-16(22)19-9-7-18(13-21)8-10-19/h2-4,11,13H,5-10,12H2,1H3. The molecule has 1 heterocycles. The summed E-state index contributed by atoms with van der Waals surface area (Å²) in [5.74, 6) is -0.248. The summed E-state index contributed by atoms with van der Waals surface area (Å²) in [4.78, 5) is 26.3. The number of carbonyl (C=O) groups is 2. The van der Waals surface area contributed by atoms with Crippen LogP contribution in [0.5, 0.6) is 0 Å². The molecule has 0 spiro atoms. The molecule has 0 bridgehead atoms. The number of amides is 2. The van der Waals surface area contributed by atoms with E-state index in [0.29, 0.717) is 37.6 Å². The van der Waals surface area contributed by atoms with Gasteiger partial charge in [-0.15, -0.1) is 0 Å². The van der Waals surface area contributed by atoms with E-state index in [9.17, 15) is 18.0 Å². The molecule has 1 aromatic carbocycles. The van der Waals surface area contributed by atoms with Crippen LogP contribution in [0.2, 0.25) is 5.02 Å². The zero-order chi connectivity index (χ0) is 18.4. The van der Waals surface area contributed by atoms with Crippen LogP contribution in [-0.4, -0.2) is 80.4 Å². The van der Waals surface area contributed by atoms with Gasteiger partial charge in [-0.05, 0) is 24.1 Å². The molecule has 9 heteroatoms. The molecule has 0 unspecified atom stereocenters. The lowest BCUT2D eigenvalue weighted by Crippen LogP contribution is -2.51. The lowest BCUT2D eigenvalue weighted by molar-refractivity contribution is -0.135. The number of benzene rings is 1. The van der Waals surface area contributed by atoms with Crippen molar-refractivity contribution in [3.05, 3.63) is 34.9 Å². The van der Waals surface area contributed by atoms with Crippen LogP contribution >= 0.6 is 11.6 Å². The zero-order valence-corrected chi connectivity index (χ0v) is 15.7. The third-order valence-electron chi connectivity index (χ3n) is 4.14. The average Bonchev–Trinajstić information content (AvgIpc) is 2.57. The van der Waals surface area contributed by atoms with Crippen molar-refractivity contribution in [2.75, 3.05) is 45.5 Å². The van der Waals surface area contributed by atoms with E-state index < -0.39 is 10.0 Å². The Labute approximate surface area is 153 Å². The van der Waals surface area contributed by atoms with E-state index in [1.807, 2.05) is 6.07 Å². The summed E-state index contributed by atoms with van der Waals surface area (Å²) in [5, 5.41) is 0.590. The number of rotatable bonds is 7. The normalized spacial score (nSPS) is 15.5. The molecule has 1 saturated heterocycles. The summed E-state index contributed by atoms with van der Waals surface area (Å²) < 4.78 is 25.2. The van der Waals surface area contributed by atoms with Gasteiger partial charge in [0.15, 0.2) is 0 Å². The van der Waals surface area contributed by atoms with Crippen LogP contribution in [0.15, 0.2) is 24.3 Å². The van der Waals surface area contributed by atoms with Crippen LogP contribution < -0.4 is 0 Å². The Balaban J connectivity index is 1.96. The number of halogens is 1.